The van der Waals surface area contributed by atoms with Gasteiger partial charge in [0.25, 0.3) is 15.9 Å². The highest BCUT2D eigenvalue weighted by molar-refractivity contribution is 7.94. The fraction of sp³-hybridized carbons (Fsp3) is 0.292. The van der Waals surface area contributed by atoms with E-state index in [1.54, 1.807) is 41.8 Å². The van der Waals surface area contributed by atoms with Crippen molar-refractivity contribution in [1.29, 1.82) is 0 Å². The molecule has 1 heterocycles. The Bertz CT molecular complexity index is 1120. The summed E-state index contributed by atoms with van der Waals surface area (Å²) in [6, 6.07) is 19.8. The van der Waals surface area contributed by atoms with Crippen molar-refractivity contribution in [3.05, 3.63) is 72.1 Å². The average Bonchev–Trinajstić information content (AvgIpc) is 3.37. The predicted octanol–water partition coefficient (Wildman–Crippen LogP) is 4.20. The number of ether oxygens (including phenoxy) is 1. The van der Waals surface area contributed by atoms with Gasteiger partial charge in [-0.15, -0.1) is 11.3 Å². The molecular weight excluding hydrogens is 458 g/mol. The van der Waals surface area contributed by atoms with Crippen molar-refractivity contribution < 1.29 is 17.9 Å². The van der Waals surface area contributed by atoms with Crippen LogP contribution in [0.1, 0.15) is 13.8 Å². The number of anilines is 2. The zero-order valence-corrected chi connectivity index (χ0v) is 20.5. The van der Waals surface area contributed by atoms with E-state index in [1.165, 1.54) is 22.7 Å². The Kier molecular flexibility index (Phi) is 8.35. The number of thiophene rings is 1. The van der Waals surface area contributed by atoms with Gasteiger partial charge in [-0.3, -0.25) is 9.10 Å². The minimum Gasteiger partial charge on any atom is -0.484 e. The van der Waals surface area contributed by atoms with Gasteiger partial charge in [0.05, 0.1) is 5.69 Å². The summed E-state index contributed by atoms with van der Waals surface area (Å²) < 4.78 is 32.3. The fourth-order valence-corrected chi connectivity index (χ4v) is 5.42. The molecule has 0 spiro atoms. The van der Waals surface area contributed by atoms with Crippen molar-refractivity contribution in [2.24, 2.45) is 5.92 Å². The number of sulfonamides is 1. The summed E-state index contributed by atoms with van der Waals surface area (Å²) in [5.74, 6) is 0.581. The van der Waals surface area contributed by atoms with Crippen LogP contribution < -0.4 is 19.7 Å². The molecule has 9 heteroatoms. The number of para-hydroxylation sites is 1. The first-order valence-electron chi connectivity index (χ1n) is 10.6. The quantitative estimate of drug-likeness (QED) is 0.423. The molecule has 1 aromatic heterocycles. The van der Waals surface area contributed by atoms with Gasteiger partial charge < -0.3 is 15.4 Å². The second-order valence-electron chi connectivity index (χ2n) is 7.85. The number of hydrogen-bond donors (Lipinski definition) is 2. The Balaban J connectivity index is 1.50. The first kappa shape index (κ1) is 24.6. The molecule has 2 aromatic carbocycles. The fourth-order valence-electron chi connectivity index (χ4n) is 3.06. The lowest BCUT2D eigenvalue weighted by molar-refractivity contribution is -0.123. The first-order valence-corrected chi connectivity index (χ1v) is 12.9. The van der Waals surface area contributed by atoms with Gasteiger partial charge in [0.2, 0.25) is 0 Å². The normalized spacial score (nSPS) is 12.2. The van der Waals surface area contributed by atoms with Crippen molar-refractivity contribution in [3.63, 3.8) is 0 Å². The molecule has 0 unspecified atom stereocenters. The molecule has 3 rings (SSSR count). The van der Waals surface area contributed by atoms with E-state index in [2.05, 4.69) is 24.5 Å². The summed E-state index contributed by atoms with van der Waals surface area (Å²) in [7, 11) is -2.08. The van der Waals surface area contributed by atoms with Crippen LogP contribution in [0.25, 0.3) is 0 Å². The molecular formula is C24H29N3O4S2. The van der Waals surface area contributed by atoms with Crippen molar-refractivity contribution in [2.45, 2.75) is 24.1 Å². The largest absolute Gasteiger partial charge is 0.484 e. The molecule has 2 N–H and O–H groups in total. The Morgan fingerprint density at radius 2 is 1.73 bits per heavy atom. The number of hydrogen-bond acceptors (Lipinski definition) is 6. The third-order valence-corrected chi connectivity index (χ3v) is 8.29. The highest BCUT2D eigenvalue weighted by atomic mass is 32.2. The van der Waals surface area contributed by atoms with Crippen LogP contribution in [0.2, 0.25) is 0 Å². The molecule has 33 heavy (non-hydrogen) atoms. The topological polar surface area (TPSA) is 87.7 Å². The second-order valence-corrected chi connectivity index (χ2v) is 11.0. The zero-order valence-electron chi connectivity index (χ0n) is 18.9. The number of carbonyl (C=O) groups is 1. The monoisotopic (exact) mass is 487 g/mol. The molecule has 0 aliphatic carbocycles. The van der Waals surface area contributed by atoms with Crippen LogP contribution in [0.5, 0.6) is 5.75 Å². The molecule has 0 bridgehead atoms. The highest BCUT2D eigenvalue weighted by Gasteiger charge is 2.22. The van der Waals surface area contributed by atoms with Crippen molar-refractivity contribution in [3.8, 4) is 5.75 Å². The van der Waals surface area contributed by atoms with Crippen LogP contribution in [-0.4, -0.2) is 40.6 Å². The Morgan fingerprint density at radius 1 is 1.03 bits per heavy atom. The standard InChI is InChI=1S/C24H29N3O4S2/c1-18(2)22(26-19-8-5-4-6-9-19)16-25-23(28)17-31-21-13-11-20(12-14-21)27(3)33(29,30)24-10-7-15-32-24/h4-15,18,22,26H,16-17H2,1-3H3,(H,25,28)/t22-/m0/s1. The maximum absolute atomic E-state index is 12.6. The number of amides is 1. The molecule has 176 valence electrons. The van der Waals surface area contributed by atoms with Gasteiger partial charge in [-0.2, -0.15) is 0 Å². The van der Waals surface area contributed by atoms with E-state index >= 15 is 0 Å². The lowest BCUT2D eigenvalue weighted by Gasteiger charge is -2.24. The van der Waals surface area contributed by atoms with E-state index < -0.39 is 10.0 Å². The van der Waals surface area contributed by atoms with Gasteiger partial charge in [0, 0.05) is 25.3 Å². The SMILES string of the molecule is CC(C)[C@H](CNC(=O)COc1ccc(N(C)S(=O)(=O)c2cccs2)cc1)Nc1ccccc1. The number of carbonyl (C=O) groups excluding carboxylic acids is 1. The summed E-state index contributed by atoms with van der Waals surface area (Å²) in [5, 5.41) is 8.07. The molecule has 0 aliphatic heterocycles. The summed E-state index contributed by atoms with van der Waals surface area (Å²) >= 11 is 1.17. The van der Waals surface area contributed by atoms with Crippen LogP contribution in [0.3, 0.4) is 0 Å². The maximum Gasteiger partial charge on any atom is 0.273 e. The molecule has 0 radical (unpaired) electrons. The molecule has 1 atom stereocenters. The number of nitrogens with one attached hydrogen (secondary N) is 2. The van der Waals surface area contributed by atoms with E-state index in [9.17, 15) is 13.2 Å². The maximum atomic E-state index is 12.6. The van der Waals surface area contributed by atoms with Crippen LogP contribution in [0, 0.1) is 5.92 Å². The highest BCUT2D eigenvalue weighted by Crippen LogP contribution is 2.26. The molecule has 0 saturated heterocycles. The van der Waals surface area contributed by atoms with Crippen molar-refractivity contribution in [1.82, 2.24) is 5.32 Å². The Morgan fingerprint density at radius 3 is 2.33 bits per heavy atom. The van der Waals surface area contributed by atoms with E-state index in [0.717, 1.165) is 5.69 Å². The molecule has 0 saturated carbocycles. The molecule has 0 fully saturated rings. The van der Waals surface area contributed by atoms with Crippen molar-refractivity contribution in [2.75, 3.05) is 29.8 Å². The van der Waals surface area contributed by atoms with Gasteiger partial charge in [-0.05, 0) is 53.8 Å². The van der Waals surface area contributed by atoms with Crippen LogP contribution in [0.4, 0.5) is 11.4 Å². The number of rotatable bonds is 11. The van der Waals surface area contributed by atoms with Crippen molar-refractivity contribution >= 4 is 38.6 Å². The van der Waals surface area contributed by atoms with Gasteiger partial charge >= 0.3 is 0 Å². The van der Waals surface area contributed by atoms with Gasteiger partial charge in [-0.25, -0.2) is 8.42 Å². The van der Waals surface area contributed by atoms with E-state index in [0.29, 0.717) is 23.9 Å². The van der Waals surface area contributed by atoms with Crippen LogP contribution in [0.15, 0.2) is 76.3 Å². The van der Waals surface area contributed by atoms with E-state index in [4.69, 9.17) is 4.74 Å². The summed E-state index contributed by atoms with van der Waals surface area (Å²) in [4.78, 5) is 12.3. The summed E-state index contributed by atoms with van der Waals surface area (Å²) in [6.07, 6.45) is 0. The molecule has 3 aromatic rings. The first-order chi connectivity index (χ1) is 15.8. The minimum absolute atomic E-state index is 0.0801. The summed E-state index contributed by atoms with van der Waals surface area (Å²) in [6.45, 7) is 4.54. The minimum atomic E-state index is -3.59. The lowest BCUT2D eigenvalue weighted by Crippen LogP contribution is -2.41. The predicted molar refractivity (Wildman–Crippen MR) is 134 cm³/mol. The smallest absolute Gasteiger partial charge is 0.273 e. The third-order valence-electron chi connectivity index (χ3n) is 5.13. The van der Waals surface area contributed by atoms with Gasteiger partial charge in [0.15, 0.2) is 6.61 Å². The zero-order chi connectivity index (χ0) is 23.8. The van der Waals surface area contributed by atoms with Gasteiger partial charge in [-0.1, -0.05) is 38.1 Å². The summed E-state index contributed by atoms with van der Waals surface area (Å²) in [5.41, 5.74) is 1.51. The van der Waals surface area contributed by atoms with Gasteiger partial charge in [0.1, 0.15) is 9.96 Å². The molecule has 1 amide bonds. The molecule has 7 nitrogen and oxygen atoms in total. The van der Waals surface area contributed by atoms with Crippen LogP contribution in [-0.2, 0) is 14.8 Å². The average molecular weight is 488 g/mol. The second kappa shape index (κ2) is 11.2. The van der Waals surface area contributed by atoms with E-state index in [-0.39, 0.29) is 22.8 Å². The molecule has 0 aliphatic rings. The Labute approximate surface area is 199 Å². The lowest BCUT2D eigenvalue weighted by atomic mass is 10.0. The number of benzene rings is 2. The Hall–Kier alpha value is -3.04. The number of nitrogens with zero attached hydrogens (tertiary/aromatic N) is 1. The van der Waals surface area contributed by atoms with Crippen LogP contribution >= 0.6 is 11.3 Å². The van der Waals surface area contributed by atoms with E-state index in [1.807, 2.05) is 30.3 Å². The third kappa shape index (κ3) is 6.72.